The molecule has 8 nitrogen and oxygen atoms in total. The fraction of sp³-hybridized carbons (Fsp3) is 0.452. The predicted molar refractivity (Wildman–Crippen MR) is 149 cm³/mol. The van der Waals surface area contributed by atoms with Gasteiger partial charge < -0.3 is 25.2 Å². The Balaban J connectivity index is 1.54. The van der Waals surface area contributed by atoms with E-state index in [1.165, 1.54) is 0 Å². The number of esters is 1. The van der Waals surface area contributed by atoms with Gasteiger partial charge in [0.15, 0.2) is 0 Å². The number of aliphatic hydroxyl groups excluding tert-OH is 1. The first kappa shape index (κ1) is 29.9. The van der Waals surface area contributed by atoms with Gasteiger partial charge in [-0.2, -0.15) is 0 Å². The summed E-state index contributed by atoms with van der Waals surface area (Å²) in [5, 5.41) is 15.7. The van der Waals surface area contributed by atoms with E-state index in [-0.39, 0.29) is 37.4 Å². The average molecular weight is 537 g/mol. The molecule has 1 aliphatic heterocycles. The molecule has 39 heavy (non-hydrogen) atoms. The Morgan fingerprint density at radius 1 is 1.10 bits per heavy atom. The normalized spacial score (nSPS) is 18.9. The molecule has 2 aromatic rings. The molecule has 3 rings (SSSR count). The lowest BCUT2D eigenvalue weighted by molar-refractivity contribution is -0.146. The second-order valence-corrected chi connectivity index (χ2v) is 10.6. The first-order valence-electron chi connectivity index (χ1n) is 13.5. The van der Waals surface area contributed by atoms with Gasteiger partial charge >= 0.3 is 5.97 Å². The van der Waals surface area contributed by atoms with Gasteiger partial charge in [-0.3, -0.25) is 14.4 Å². The SMILES string of the molecule is CC1(C)COC(=O)CCCC=CC[C@H](CC(=O)N[C@H](CO)Cc2ccc(OCc3ccccc3)cc2)C(=O)N1. The Kier molecular flexibility index (Phi) is 11.6. The summed E-state index contributed by atoms with van der Waals surface area (Å²) in [5.74, 6) is -0.717. The topological polar surface area (TPSA) is 114 Å². The van der Waals surface area contributed by atoms with Crippen LogP contribution >= 0.6 is 0 Å². The number of aliphatic hydroxyl groups is 1. The van der Waals surface area contributed by atoms with E-state index in [1.807, 2.05) is 66.7 Å². The molecule has 8 heteroatoms. The molecule has 1 heterocycles. The van der Waals surface area contributed by atoms with Crippen LogP contribution in [-0.2, 0) is 32.1 Å². The van der Waals surface area contributed by atoms with E-state index in [0.29, 0.717) is 38.7 Å². The summed E-state index contributed by atoms with van der Waals surface area (Å²) in [5.41, 5.74) is 1.27. The maximum atomic E-state index is 13.0. The number of nitrogens with one attached hydrogen (secondary N) is 2. The number of rotatable bonds is 9. The van der Waals surface area contributed by atoms with Gasteiger partial charge in [0, 0.05) is 12.8 Å². The van der Waals surface area contributed by atoms with Crippen molar-refractivity contribution in [3.05, 3.63) is 77.9 Å². The molecular formula is C31H40N2O6. The molecule has 0 unspecified atom stereocenters. The number of carbonyl (C=O) groups is 3. The fourth-order valence-electron chi connectivity index (χ4n) is 4.25. The highest BCUT2D eigenvalue weighted by Crippen LogP contribution is 2.17. The van der Waals surface area contributed by atoms with Crippen molar-refractivity contribution >= 4 is 17.8 Å². The highest BCUT2D eigenvalue weighted by molar-refractivity contribution is 5.86. The van der Waals surface area contributed by atoms with Crippen LogP contribution in [0.25, 0.3) is 0 Å². The molecule has 0 fully saturated rings. The summed E-state index contributed by atoms with van der Waals surface area (Å²) in [6.45, 7) is 3.87. The van der Waals surface area contributed by atoms with Crippen molar-refractivity contribution in [1.82, 2.24) is 10.6 Å². The Bertz CT molecular complexity index is 1100. The lowest BCUT2D eigenvalue weighted by Gasteiger charge is -2.28. The zero-order chi connectivity index (χ0) is 28.1. The quantitative estimate of drug-likeness (QED) is 0.331. The van der Waals surface area contributed by atoms with Gasteiger partial charge in [-0.25, -0.2) is 0 Å². The van der Waals surface area contributed by atoms with Gasteiger partial charge in [0.25, 0.3) is 0 Å². The van der Waals surface area contributed by atoms with Crippen molar-refractivity contribution in [3.63, 3.8) is 0 Å². The summed E-state index contributed by atoms with van der Waals surface area (Å²) in [7, 11) is 0. The van der Waals surface area contributed by atoms with E-state index in [9.17, 15) is 19.5 Å². The number of benzene rings is 2. The number of hydrogen-bond donors (Lipinski definition) is 3. The second-order valence-electron chi connectivity index (χ2n) is 10.6. The first-order chi connectivity index (χ1) is 18.7. The van der Waals surface area contributed by atoms with E-state index >= 15 is 0 Å². The number of hydrogen-bond acceptors (Lipinski definition) is 6. The van der Waals surface area contributed by atoms with Crippen LogP contribution in [0, 0.1) is 5.92 Å². The summed E-state index contributed by atoms with van der Waals surface area (Å²) in [4.78, 5) is 37.8. The fourth-order valence-corrected chi connectivity index (χ4v) is 4.25. The number of cyclic esters (lactones) is 1. The Morgan fingerprint density at radius 3 is 2.56 bits per heavy atom. The van der Waals surface area contributed by atoms with E-state index in [0.717, 1.165) is 16.9 Å². The van der Waals surface area contributed by atoms with Crippen molar-refractivity contribution in [3.8, 4) is 5.75 Å². The maximum absolute atomic E-state index is 13.0. The first-order valence-corrected chi connectivity index (χ1v) is 13.5. The molecule has 0 aliphatic carbocycles. The third kappa shape index (κ3) is 10.9. The molecule has 2 aromatic carbocycles. The molecule has 3 N–H and O–H groups in total. The van der Waals surface area contributed by atoms with Crippen LogP contribution in [0.2, 0.25) is 0 Å². The van der Waals surface area contributed by atoms with Crippen LogP contribution in [-0.4, -0.2) is 47.7 Å². The molecular weight excluding hydrogens is 496 g/mol. The summed E-state index contributed by atoms with van der Waals surface area (Å²) >= 11 is 0. The van der Waals surface area contributed by atoms with Crippen molar-refractivity contribution in [2.24, 2.45) is 5.92 Å². The predicted octanol–water partition coefficient (Wildman–Crippen LogP) is 3.86. The minimum Gasteiger partial charge on any atom is -0.489 e. The van der Waals surface area contributed by atoms with Gasteiger partial charge in [0.1, 0.15) is 19.0 Å². The third-order valence-corrected chi connectivity index (χ3v) is 6.44. The average Bonchev–Trinajstić information content (AvgIpc) is 2.93. The summed E-state index contributed by atoms with van der Waals surface area (Å²) < 4.78 is 11.1. The van der Waals surface area contributed by atoms with Gasteiger partial charge in [0.2, 0.25) is 11.8 Å². The molecule has 0 saturated heterocycles. The number of ether oxygens (including phenoxy) is 2. The molecule has 0 bridgehead atoms. The van der Waals surface area contributed by atoms with Crippen molar-refractivity contribution in [1.29, 1.82) is 0 Å². The highest BCUT2D eigenvalue weighted by Gasteiger charge is 2.29. The van der Waals surface area contributed by atoms with Crippen molar-refractivity contribution < 1.29 is 29.0 Å². The van der Waals surface area contributed by atoms with Crippen LogP contribution in [0.5, 0.6) is 5.75 Å². The van der Waals surface area contributed by atoms with Gasteiger partial charge in [-0.15, -0.1) is 0 Å². The zero-order valence-corrected chi connectivity index (χ0v) is 22.9. The monoisotopic (exact) mass is 536 g/mol. The Morgan fingerprint density at radius 2 is 1.85 bits per heavy atom. The summed E-state index contributed by atoms with van der Waals surface area (Å²) in [6, 6.07) is 17.0. The molecule has 2 amide bonds. The standard InChI is InChI=1S/C31H40N2O6/c1-31(2)22-39-29(36)13-9-4-3-8-12-25(30(37)33-31)19-28(35)32-26(20-34)18-23-14-16-27(17-15-23)38-21-24-10-6-5-7-11-24/h3,5-8,10-11,14-17,25-26,34H,4,9,12-13,18-22H2,1-2H3,(H,32,35)(H,33,37)/t25-,26+/m1/s1. The van der Waals surface area contributed by atoms with Gasteiger partial charge in [-0.1, -0.05) is 54.6 Å². The number of amides is 2. The number of carbonyl (C=O) groups excluding carboxylic acids is 3. The van der Waals surface area contributed by atoms with Crippen molar-refractivity contribution in [2.45, 2.75) is 70.6 Å². The van der Waals surface area contributed by atoms with Gasteiger partial charge in [0.05, 0.1) is 24.1 Å². The minimum atomic E-state index is -0.760. The molecule has 1 aliphatic rings. The van der Waals surface area contributed by atoms with Gasteiger partial charge in [-0.05, 0) is 62.8 Å². The Hall–Kier alpha value is -3.65. The van der Waals surface area contributed by atoms with Crippen LogP contribution in [0.3, 0.4) is 0 Å². The minimum absolute atomic E-state index is 0.0190. The zero-order valence-electron chi connectivity index (χ0n) is 22.9. The van der Waals surface area contributed by atoms with E-state index in [1.54, 1.807) is 13.8 Å². The van der Waals surface area contributed by atoms with Crippen LogP contribution < -0.4 is 15.4 Å². The lowest BCUT2D eigenvalue weighted by atomic mass is 9.96. The molecule has 2 atom stereocenters. The van der Waals surface area contributed by atoms with E-state index < -0.39 is 17.5 Å². The molecule has 0 aromatic heterocycles. The summed E-state index contributed by atoms with van der Waals surface area (Å²) in [6.07, 6.45) is 6.33. The molecule has 0 radical (unpaired) electrons. The second kappa shape index (κ2) is 15.1. The van der Waals surface area contributed by atoms with E-state index in [4.69, 9.17) is 9.47 Å². The smallest absolute Gasteiger partial charge is 0.305 e. The maximum Gasteiger partial charge on any atom is 0.305 e. The largest absolute Gasteiger partial charge is 0.489 e. The van der Waals surface area contributed by atoms with Crippen LogP contribution in [0.15, 0.2) is 66.7 Å². The lowest BCUT2D eigenvalue weighted by Crippen LogP contribution is -2.50. The molecule has 0 saturated carbocycles. The van der Waals surface area contributed by atoms with Crippen LogP contribution in [0.1, 0.15) is 57.1 Å². The van der Waals surface area contributed by atoms with E-state index in [2.05, 4.69) is 10.6 Å². The third-order valence-electron chi connectivity index (χ3n) is 6.44. The number of allylic oxidation sites excluding steroid dienone is 2. The Labute approximate surface area is 230 Å². The van der Waals surface area contributed by atoms with Crippen LogP contribution in [0.4, 0.5) is 0 Å². The van der Waals surface area contributed by atoms with Crippen molar-refractivity contribution in [2.75, 3.05) is 13.2 Å². The highest BCUT2D eigenvalue weighted by atomic mass is 16.5. The molecule has 210 valence electrons. The molecule has 0 spiro atoms.